The van der Waals surface area contributed by atoms with Crippen LogP contribution in [0.25, 0.3) is 141 Å². The Morgan fingerprint density at radius 3 is 0.915 bits per heavy atom. The fourth-order valence-corrected chi connectivity index (χ4v) is 23.4. The summed E-state index contributed by atoms with van der Waals surface area (Å²) in [6, 6.07) is 139. The van der Waals surface area contributed by atoms with Crippen LogP contribution >= 0.6 is 31.9 Å². The monoisotopic (exact) mass is 1790 g/mol. The third-order valence-electron chi connectivity index (χ3n) is 28.9. The van der Waals surface area contributed by atoms with E-state index in [2.05, 4.69) is 471 Å². The van der Waals surface area contributed by atoms with Gasteiger partial charge in [0.1, 0.15) is 0 Å². The van der Waals surface area contributed by atoms with Gasteiger partial charge in [-0.2, -0.15) is 0 Å². The van der Waals surface area contributed by atoms with E-state index in [0.717, 1.165) is 43.1 Å². The summed E-state index contributed by atoms with van der Waals surface area (Å²) in [6.45, 7) is 14.4. The van der Waals surface area contributed by atoms with E-state index >= 15 is 0 Å². The fourth-order valence-electron chi connectivity index (χ4n) is 22.9. The normalized spacial score (nSPS) is 16.6. The van der Waals surface area contributed by atoms with Crippen molar-refractivity contribution in [1.82, 2.24) is 0 Å². The Hall–Kier alpha value is -13.4. The Bertz CT molecular complexity index is 7800. The lowest BCUT2D eigenvalue weighted by Gasteiger charge is -2.46. The second-order valence-electron chi connectivity index (χ2n) is 36.5. The molecular formula is C124H103Br2N3. The van der Waals surface area contributed by atoms with Gasteiger partial charge in [0.05, 0.1) is 11.4 Å². The second-order valence-corrected chi connectivity index (χ2v) is 38.4. The van der Waals surface area contributed by atoms with E-state index in [0.29, 0.717) is 47.3 Å². The molecule has 0 fully saturated rings. The summed E-state index contributed by atoms with van der Waals surface area (Å²) in [5, 5.41) is 27.0. The molecular weight excluding hydrogens is 1690 g/mol. The molecule has 3 nitrogen and oxygen atoms in total. The highest BCUT2D eigenvalue weighted by atomic mass is 79.9. The van der Waals surface area contributed by atoms with Crippen LogP contribution in [0, 0.1) is 23.7 Å². The third-order valence-corrected chi connectivity index (χ3v) is 29.9. The molecule has 6 atom stereocenters. The highest BCUT2D eigenvalue weighted by Gasteiger charge is 2.45. The predicted octanol–water partition coefficient (Wildman–Crippen LogP) is 37.5. The van der Waals surface area contributed by atoms with E-state index in [1.807, 2.05) is 6.07 Å². The molecule has 4 bridgehead atoms. The van der Waals surface area contributed by atoms with Crippen molar-refractivity contribution < 1.29 is 0 Å². The van der Waals surface area contributed by atoms with Crippen LogP contribution in [-0.2, 0) is 0 Å². The molecule has 1 N–H and O–H groups in total. The van der Waals surface area contributed by atoms with Crippen LogP contribution in [-0.4, -0.2) is 0 Å². The Labute approximate surface area is 775 Å². The highest BCUT2D eigenvalue weighted by molar-refractivity contribution is 9.10. The average Bonchev–Trinajstić information content (AvgIpc) is 0.716. The molecule has 21 aromatic carbocycles. The first-order chi connectivity index (χ1) is 62.3. The van der Waals surface area contributed by atoms with Gasteiger partial charge >= 0.3 is 0 Å². The van der Waals surface area contributed by atoms with Crippen LogP contribution in [0.15, 0.2) is 408 Å². The van der Waals surface area contributed by atoms with Gasteiger partial charge < -0.3 is 15.1 Å². The maximum Gasteiger partial charge on any atom is 0.0540 e. The summed E-state index contributed by atoms with van der Waals surface area (Å²) in [5.74, 6) is 4.30. The molecule has 0 amide bonds. The number of benzene rings is 21. The van der Waals surface area contributed by atoms with E-state index in [1.54, 1.807) is 16.7 Å². The number of nitrogens with one attached hydrogen (secondary N) is 1. The standard InChI is InChI=1S/C72H54N2.C28H26Br2.C22H15N.2CH4/c1-44(2)62-43-63-45(3)42-64(62)72-59(47-26-34-57(35-27-47)74(55-18-8-5-9-19-55)66-41-31-53-23-21-49-13-11-15-51-29-37-61(66)70(53)68(49)51)39-38-58(71(63)72)46-24-32-56(33-25-46)73(54-16-6-4-7-17-54)65-40-30-52-22-20-48-12-10-14-50-28-36-60(65)69(52)67(48)50;1-16(2)24-15-25-17(3)14-26(24)28-23(19-6-10-21(30)11-7-19)13-12-22(27(25)28)18-4-8-20(29)9-5-18;1-2-7-18(8-3-1)23-20-14-12-17-10-9-15-5-4-6-16-11-13-19(20)22(17)21(15)16;;/h4-42,44,62-64H,43H2,1-3H3;4-14,16,24-26H,15H2,1-3H3;1-14,23H;2*1H4. The largest absolute Gasteiger partial charge is 0.355 e. The summed E-state index contributed by atoms with van der Waals surface area (Å²) in [4.78, 5) is 4.90. The zero-order chi connectivity index (χ0) is 85.4. The molecule has 129 heavy (non-hydrogen) atoms. The van der Waals surface area contributed by atoms with E-state index < -0.39 is 0 Å². The average molecular weight is 1800 g/mol. The molecule has 0 radical (unpaired) electrons. The minimum absolute atomic E-state index is 0. The second kappa shape index (κ2) is 33.7. The Morgan fingerprint density at radius 1 is 0.271 bits per heavy atom. The molecule has 6 aliphatic rings. The van der Waals surface area contributed by atoms with Gasteiger partial charge in [0.15, 0.2) is 0 Å². The van der Waals surface area contributed by atoms with Crippen molar-refractivity contribution in [2.24, 2.45) is 23.7 Å². The van der Waals surface area contributed by atoms with Gasteiger partial charge in [0.25, 0.3) is 0 Å². The highest BCUT2D eigenvalue weighted by Crippen LogP contribution is 2.61. The zero-order valence-electron chi connectivity index (χ0n) is 72.1. The smallest absolute Gasteiger partial charge is 0.0540 e. The topological polar surface area (TPSA) is 18.5 Å². The molecule has 5 heteroatoms. The molecule has 21 aromatic rings. The number of halogens is 2. The zero-order valence-corrected chi connectivity index (χ0v) is 75.3. The van der Waals surface area contributed by atoms with Gasteiger partial charge in [-0.1, -0.05) is 371 Å². The number of hydrogen-bond donors (Lipinski definition) is 1. The fraction of sp³-hybridized carbons (Fsp3) is 0.145. The van der Waals surface area contributed by atoms with Gasteiger partial charge in [-0.15, -0.1) is 0 Å². The molecule has 0 saturated heterocycles. The SMILES string of the molecule is C.C.CC1=CC2c3c(-c4ccc(Br)cc4)ccc(-c4ccc(Br)cc4)c3C1CC2C(C)C.CC1=CC2c3c(-c4ccc(N(c5ccccc5)c5ccc6ccc7cccc8ccc5c6c78)cc4)ccc(-c4ccc(N(c5ccccc5)c5ccc6ccc7cccc8ccc5c6c78)cc4)c3C1CC2C(C)C.c1ccc(Nc2ccc3ccc4cccc5ccc2c3c45)cc1. The molecule has 0 aromatic heterocycles. The lowest BCUT2D eigenvalue weighted by molar-refractivity contribution is 0.281. The van der Waals surface area contributed by atoms with E-state index in [-0.39, 0.29) is 14.9 Å². The molecule has 0 spiro atoms. The number of para-hydroxylation sites is 3. The number of rotatable bonds is 14. The van der Waals surface area contributed by atoms with Crippen LogP contribution in [0.4, 0.5) is 45.5 Å². The number of fused-ring (bicyclic) bond motifs is 2. The number of hydrogen-bond acceptors (Lipinski definition) is 3. The van der Waals surface area contributed by atoms with E-state index in [4.69, 9.17) is 0 Å². The van der Waals surface area contributed by atoms with Crippen molar-refractivity contribution >= 4 is 174 Å². The van der Waals surface area contributed by atoms with E-state index in [1.165, 1.54) is 182 Å². The van der Waals surface area contributed by atoms with Crippen molar-refractivity contribution in [3.63, 3.8) is 0 Å². The lowest BCUT2D eigenvalue weighted by atomic mass is 9.58. The molecule has 0 saturated carbocycles. The first-order valence-electron chi connectivity index (χ1n) is 45.2. The van der Waals surface area contributed by atoms with Gasteiger partial charge in [-0.05, 0) is 301 Å². The van der Waals surface area contributed by atoms with Crippen molar-refractivity contribution in [2.75, 3.05) is 15.1 Å². The van der Waals surface area contributed by atoms with Crippen LogP contribution < -0.4 is 15.1 Å². The number of nitrogens with zero attached hydrogens (tertiary/aromatic N) is 2. The van der Waals surface area contributed by atoms with Crippen molar-refractivity contribution in [3.8, 4) is 44.5 Å². The van der Waals surface area contributed by atoms with Gasteiger partial charge in [0, 0.05) is 82.9 Å². The Balaban J connectivity index is 0.000000149. The first kappa shape index (κ1) is 82.5. The number of allylic oxidation sites excluding steroid dienone is 4. The van der Waals surface area contributed by atoms with Crippen LogP contribution in [0.5, 0.6) is 0 Å². The van der Waals surface area contributed by atoms with Gasteiger partial charge in [0.2, 0.25) is 0 Å². The Kier molecular flexibility index (Phi) is 21.5. The van der Waals surface area contributed by atoms with Crippen LogP contribution in [0.3, 0.4) is 0 Å². The molecule has 0 aliphatic heterocycles. The molecule has 6 aliphatic carbocycles. The lowest BCUT2D eigenvalue weighted by Crippen LogP contribution is -2.32. The maximum absolute atomic E-state index is 3.60. The van der Waals surface area contributed by atoms with Gasteiger partial charge in [-0.3, -0.25) is 0 Å². The molecule has 27 rings (SSSR count). The number of anilines is 8. The van der Waals surface area contributed by atoms with E-state index in [9.17, 15) is 0 Å². The van der Waals surface area contributed by atoms with Gasteiger partial charge in [-0.25, -0.2) is 0 Å². The van der Waals surface area contributed by atoms with Crippen LogP contribution in [0.1, 0.15) is 115 Å². The van der Waals surface area contributed by atoms with Crippen molar-refractivity contribution in [1.29, 1.82) is 0 Å². The molecule has 628 valence electrons. The summed E-state index contributed by atoms with van der Waals surface area (Å²) < 4.78 is 2.26. The van der Waals surface area contributed by atoms with Crippen molar-refractivity contribution in [3.05, 3.63) is 431 Å². The summed E-state index contributed by atoms with van der Waals surface area (Å²) in [5.41, 5.74) is 29.1. The summed E-state index contributed by atoms with van der Waals surface area (Å²) in [6.07, 6.45) is 7.66. The van der Waals surface area contributed by atoms with Crippen LogP contribution in [0.2, 0.25) is 0 Å². The predicted molar refractivity (Wildman–Crippen MR) is 565 cm³/mol. The quantitative estimate of drug-likeness (QED) is 0.0865. The minimum atomic E-state index is 0. The minimum Gasteiger partial charge on any atom is -0.355 e. The summed E-state index contributed by atoms with van der Waals surface area (Å²) in [7, 11) is 0. The summed E-state index contributed by atoms with van der Waals surface area (Å²) >= 11 is 7.19. The maximum atomic E-state index is 3.60. The third kappa shape index (κ3) is 14.2. The molecule has 0 heterocycles. The van der Waals surface area contributed by atoms with Crippen molar-refractivity contribution in [2.45, 2.75) is 92.9 Å². The first-order valence-corrected chi connectivity index (χ1v) is 46.8. The molecule has 6 unspecified atom stereocenters. The Morgan fingerprint density at radius 2 is 0.558 bits per heavy atom.